The van der Waals surface area contributed by atoms with Gasteiger partial charge >= 0.3 is 5.97 Å². The molecule has 3 N–H and O–H groups in total. The van der Waals surface area contributed by atoms with Gasteiger partial charge in [-0.15, -0.1) is 0 Å². The molecule has 0 spiro atoms. The number of aromatic nitrogens is 1. The van der Waals surface area contributed by atoms with Crippen LogP contribution in [0.5, 0.6) is 0 Å². The lowest BCUT2D eigenvalue weighted by Crippen LogP contribution is -2.62. The maximum Gasteiger partial charge on any atom is 0.305 e. The molecular weight excluding hydrogens is 476 g/mol. The third-order valence-electron chi connectivity index (χ3n) is 5.43. The smallest absolute Gasteiger partial charge is 0.305 e. The molecule has 3 amide bonds. The molecule has 0 unspecified atom stereocenters. The molecule has 2 heterocycles. The minimum absolute atomic E-state index is 0.149. The predicted molar refractivity (Wildman–Crippen MR) is 127 cm³/mol. The van der Waals surface area contributed by atoms with Crippen LogP contribution in [0.1, 0.15) is 30.3 Å². The first-order valence-corrected chi connectivity index (χ1v) is 12.8. The van der Waals surface area contributed by atoms with Crippen molar-refractivity contribution in [3.63, 3.8) is 0 Å². The number of fused-ring (bicyclic) bond motifs is 1. The lowest BCUT2D eigenvalue weighted by atomic mass is 10.00. The first-order chi connectivity index (χ1) is 16.4. The number of nitrogens with one attached hydrogen (secondary N) is 2. The lowest BCUT2D eigenvalue weighted by molar-refractivity contribution is -0.149. The minimum atomic E-state index is -3.52. The molecule has 0 radical (unpaired) electrons. The van der Waals surface area contributed by atoms with Gasteiger partial charge in [-0.2, -0.15) is 0 Å². The maximum atomic E-state index is 12.9. The molecule has 3 atom stereocenters. The molecule has 1 aliphatic heterocycles. The summed E-state index contributed by atoms with van der Waals surface area (Å²) < 4.78 is 22.7. The van der Waals surface area contributed by atoms with Gasteiger partial charge in [0.05, 0.1) is 18.0 Å². The van der Waals surface area contributed by atoms with E-state index in [1.807, 2.05) is 12.1 Å². The molecular formula is C23H26N4O7S. The number of nitrogens with zero attached hydrogens (tertiary/aromatic N) is 2. The quantitative estimate of drug-likeness (QED) is 0.446. The zero-order valence-corrected chi connectivity index (χ0v) is 20.0. The van der Waals surface area contributed by atoms with Crippen LogP contribution in [0.2, 0.25) is 0 Å². The van der Waals surface area contributed by atoms with Crippen LogP contribution >= 0.6 is 0 Å². The van der Waals surface area contributed by atoms with E-state index in [1.165, 1.54) is 11.8 Å². The Bertz CT molecular complexity index is 1290. The molecule has 35 heavy (non-hydrogen) atoms. The molecule has 12 heteroatoms. The summed E-state index contributed by atoms with van der Waals surface area (Å²) in [6.45, 7) is 1.78. The summed E-state index contributed by atoms with van der Waals surface area (Å²) >= 11 is 0. The zero-order chi connectivity index (χ0) is 25.8. The Kier molecular flexibility index (Phi) is 7.85. The van der Waals surface area contributed by atoms with Gasteiger partial charge in [-0.05, 0) is 25.5 Å². The molecule has 3 rings (SSSR count). The van der Waals surface area contributed by atoms with E-state index in [1.54, 1.807) is 24.3 Å². The molecule has 11 nitrogen and oxygen atoms in total. The van der Waals surface area contributed by atoms with E-state index in [0.717, 1.165) is 23.1 Å². The van der Waals surface area contributed by atoms with Crippen molar-refractivity contribution in [1.82, 2.24) is 20.5 Å². The van der Waals surface area contributed by atoms with Crippen LogP contribution in [-0.2, 0) is 24.2 Å². The Morgan fingerprint density at radius 2 is 1.89 bits per heavy atom. The minimum Gasteiger partial charge on any atom is -0.481 e. The van der Waals surface area contributed by atoms with Crippen molar-refractivity contribution in [2.45, 2.75) is 37.9 Å². The van der Waals surface area contributed by atoms with Crippen molar-refractivity contribution in [2.75, 3.05) is 12.8 Å². The predicted octanol–water partition coefficient (Wildman–Crippen LogP) is 0.472. The van der Waals surface area contributed by atoms with Gasteiger partial charge in [0.2, 0.25) is 11.8 Å². The van der Waals surface area contributed by atoms with Crippen molar-refractivity contribution < 1.29 is 32.7 Å². The second kappa shape index (κ2) is 10.6. The topological polar surface area (TPSA) is 163 Å². The van der Waals surface area contributed by atoms with Gasteiger partial charge < -0.3 is 20.6 Å². The lowest BCUT2D eigenvalue weighted by Gasteiger charge is -2.41. The van der Waals surface area contributed by atoms with Crippen molar-refractivity contribution >= 4 is 44.4 Å². The molecule has 1 aromatic heterocycles. The van der Waals surface area contributed by atoms with E-state index in [9.17, 15) is 27.6 Å². The van der Waals surface area contributed by atoms with Crippen LogP contribution in [0, 0.1) is 0 Å². The van der Waals surface area contributed by atoms with Crippen molar-refractivity contribution in [3.05, 3.63) is 53.6 Å². The summed E-state index contributed by atoms with van der Waals surface area (Å²) in [5, 5.41) is 15.8. The fourth-order valence-electron chi connectivity index (χ4n) is 3.57. The SMILES string of the molecule is C[C@H](NC(=O)c1ccc2ccccc2n1)C(=O)N1CC[C@@H]1C(=O)N[C@H](/C=C/S(C)(=O)=O)CC(=O)O. The first kappa shape index (κ1) is 25.8. The number of rotatable bonds is 9. The standard InChI is InChI=1S/C23H26N4O7S/c1-14(24-21(30)18-8-7-15-5-3-4-6-17(15)26-18)23(32)27-11-9-19(27)22(31)25-16(13-20(28)29)10-12-35(2,33)34/h3-8,10,12,14,16,19H,9,11,13H2,1-2H3,(H,24,30)(H,25,31)(H,28,29)/b12-10+/t14-,16+,19+/m0/s1. The van der Waals surface area contributed by atoms with Crippen LogP contribution in [0.15, 0.2) is 47.9 Å². The summed E-state index contributed by atoms with van der Waals surface area (Å²) in [6, 6.07) is 7.74. The fraction of sp³-hybridized carbons (Fsp3) is 0.348. The molecule has 186 valence electrons. The summed E-state index contributed by atoms with van der Waals surface area (Å²) in [7, 11) is -3.52. The molecule has 0 aliphatic carbocycles. The van der Waals surface area contributed by atoms with E-state index in [2.05, 4.69) is 15.6 Å². The number of para-hydroxylation sites is 1. The van der Waals surface area contributed by atoms with Crippen molar-refractivity contribution in [2.24, 2.45) is 0 Å². The molecule has 2 aromatic rings. The number of carboxylic acid groups (broad SMARTS) is 1. The van der Waals surface area contributed by atoms with Gasteiger partial charge in [0, 0.05) is 23.6 Å². The Hall–Kier alpha value is -3.80. The number of sulfone groups is 1. The van der Waals surface area contributed by atoms with Crippen LogP contribution in [0.3, 0.4) is 0 Å². The highest BCUT2D eigenvalue weighted by Gasteiger charge is 2.40. The average molecular weight is 503 g/mol. The highest BCUT2D eigenvalue weighted by atomic mass is 32.2. The number of carboxylic acids is 1. The molecule has 1 aliphatic rings. The van der Waals surface area contributed by atoms with E-state index in [4.69, 9.17) is 5.11 Å². The van der Waals surface area contributed by atoms with Crippen LogP contribution in [0.25, 0.3) is 10.9 Å². The zero-order valence-electron chi connectivity index (χ0n) is 19.2. The van der Waals surface area contributed by atoms with Crippen molar-refractivity contribution in [1.29, 1.82) is 0 Å². The molecule has 0 saturated carbocycles. The van der Waals surface area contributed by atoms with Gasteiger partial charge in [0.25, 0.3) is 5.91 Å². The van der Waals surface area contributed by atoms with Crippen LogP contribution in [0.4, 0.5) is 0 Å². The van der Waals surface area contributed by atoms with E-state index >= 15 is 0 Å². The average Bonchev–Trinajstić information content (AvgIpc) is 2.75. The Balaban J connectivity index is 1.62. The fourth-order valence-corrected chi connectivity index (χ4v) is 4.04. The molecule has 1 fully saturated rings. The number of carbonyl (C=O) groups excluding carboxylic acids is 3. The summed E-state index contributed by atoms with van der Waals surface area (Å²) in [5.74, 6) is -2.85. The number of carbonyl (C=O) groups is 4. The second-order valence-electron chi connectivity index (χ2n) is 8.29. The number of likely N-dealkylation sites (tertiary alicyclic amines) is 1. The number of hydrogen-bond donors (Lipinski definition) is 3. The molecule has 1 saturated heterocycles. The van der Waals surface area contributed by atoms with E-state index in [0.29, 0.717) is 11.9 Å². The Morgan fingerprint density at radius 3 is 2.51 bits per heavy atom. The van der Waals surface area contributed by atoms with Crippen LogP contribution < -0.4 is 10.6 Å². The Labute approximate surface area is 202 Å². The third kappa shape index (κ3) is 6.85. The molecule has 1 aromatic carbocycles. The highest BCUT2D eigenvalue weighted by molar-refractivity contribution is 7.93. The summed E-state index contributed by atoms with van der Waals surface area (Å²) in [6.07, 6.45) is 1.86. The Morgan fingerprint density at radius 1 is 1.17 bits per heavy atom. The normalized spacial score (nSPS) is 17.4. The van der Waals surface area contributed by atoms with E-state index < -0.39 is 58.1 Å². The summed E-state index contributed by atoms with van der Waals surface area (Å²) in [5.41, 5.74) is 0.787. The maximum absolute atomic E-state index is 12.9. The van der Waals surface area contributed by atoms with E-state index in [-0.39, 0.29) is 12.2 Å². The van der Waals surface area contributed by atoms with Crippen LogP contribution in [-0.4, -0.2) is 78.0 Å². The third-order valence-corrected chi connectivity index (χ3v) is 6.09. The summed E-state index contributed by atoms with van der Waals surface area (Å²) in [4.78, 5) is 54.8. The van der Waals surface area contributed by atoms with Gasteiger partial charge in [-0.1, -0.05) is 30.3 Å². The highest BCUT2D eigenvalue weighted by Crippen LogP contribution is 2.20. The second-order valence-corrected chi connectivity index (χ2v) is 10.2. The monoisotopic (exact) mass is 502 g/mol. The van der Waals surface area contributed by atoms with Gasteiger partial charge in [0.1, 0.15) is 17.8 Å². The molecule has 0 bridgehead atoms. The van der Waals surface area contributed by atoms with Gasteiger partial charge in [-0.3, -0.25) is 19.2 Å². The number of aliphatic carboxylic acids is 1. The van der Waals surface area contributed by atoms with Crippen molar-refractivity contribution in [3.8, 4) is 0 Å². The van der Waals surface area contributed by atoms with Gasteiger partial charge in [-0.25, -0.2) is 13.4 Å². The largest absolute Gasteiger partial charge is 0.481 e. The number of amides is 3. The number of hydrogen-bond acceptors (Lipinski definition) is 7. The van der Waals surface area contributed by atoms with Gasteiger partial charge in [0.15, 0.2) is 9.84 Å². The number of pyridine rings is 1. The number of benzene rings is 1. The first-order valence-electron chi connectivity index (χ1n) is 10.8.